The molecular weight excluding hydrogens is 240 g/mol. The van der Waals surface area contributed by atoms with Crippen LogP contribution in [0.15, 0.2) is 0 Å². The molecule has 1 amide bonds. The summed E-state index contributed by atoms with van der Waals surface area (Å²) in [6.45, 7) is 1.16. The maximum atomic E-state index is 11.4. The van der Waals surface area contributed by atoms with Crippen LogP contribution in [0.5, 0.6) is 0 Å². The molecule has 0 aromatic rings. The molecule has 0 saturated carbocycles. The standard InChI is InChI=1S/C11H22N2O3S/c12-6-3-1-2-4-11(14)13-8-10-5-7-17(15,16)9-10/h10H,1-9,12H2,(H,13,14). The fourth-order valence-corrected chi connectivity index (χ4v) is 3.85. The minimum Gasteiger partial charge on any atom is -0.356 e. The highest BCUT2D eigenvalue weighted by molar-refractivity contribution is 7.91. The van der Waals surface area contributed by atoms with Gasteiger partial charge in [-0.05, 0) is 31.7 Å². The van der Waals surface area contributed by atoms with Crippen LogP contribution in [0.1, 0.15) is 32.1 Å². The first kappa shape index (κ1) is 14.4. The molecule has 0 aliphatic carbocycles. The van der Waals surface area contributed by atoms with E-state index in [1.54, 1.807) is 0 Å². The zero-order valence-corrected chi connectivity index (χ0v) is 11.0. The number of sulfone groups is 1. The Morgan fingerprint density at radius 2 is 2.06 bits per heavy atom. The van der Waals surface area contributed by atoms with Crippen LogP contribution in [0.2, 0.25) is 0 Å². The molecule has 17 heavy (non-hydrogen) atoms. The molecule has 1 unspecified atom stereocenters. The number of hydrogen-bond acceptors (Lipinski definition) is 4. The fourth-order valence-electron chi connectivity index (χ4n) is 1.99. The number of carbonyl (C=O) groups excluding carboxylic acids is 1. The quantitative estimate of drug-likeness (QED) is 0.635. The van der Waals surface area contributed by atoms with Gasteiger partial charge in [0.05, 0.1) is 11.5 Å². The van der Waals surface area contributed by atoms with Crippen LogP contribution in [0, 0.1) is 5.92 Å². The van der Waals surface area contributed by atoms with Crippen molar-refractivity contribution < 1.29 is 13.2 Å². The van der Waals surface area contributed by atoms with Crippen LogP contribution >= 0.6 is 0 Å². The highest BCUT2D eigenvalue weighted by atomic mass is 32.2. The van der Waals surface area contributed by atoms with Gasteiger partial charge in [-0.3, -0.25) is 4.79 Å². The van der Waals surface area contributed by atoms with Gasteiger partial charge in [-0.2, -0.15) is 0 Å². The second-order valence-electron chi connectivity index (χ2n) is 4.67. The molecule has 6 heteroatoms. The highest BCUT2D eigenvalue weighted by Crippen LogP contribution is 2.17. The first-order valence-electron chi connectivity index (χ1n) is 6.20. The minimum atomic E-state index is -2.83. The summed E-state index contributed by atoms with van der Waals surface area (Å²) in [5.41, 5.74) is 5.35. The molecule has 0 aromatic heterocycles. The van der Waals surface area contributed by atoms with Gasteiger partial charge in [-0.15, -0.1) is 0 Å². The maximum absolute atomic E-state index is 11.4. The van der Waals surface area contributed by atoms with Gasteiger partial charge in [0.1, 0.15) is 0 Å². The molecule has 3 N–H and O–H groups in total. The van der Waals surface area contributed by atoms with E-state index in [1.807, 2.05) is 0 Å². The van der Waals surface area contributed by atoms with Gasteiger partial charge in [0.25, 0.3) is 0 Å². The van der Waals surface area contributed by atoms with Gasteiger partial charge in [-0.25, -0.2) is 8.42 Å². The lowest BCUT2D eigenvalue weighted by molar-refractivity contribution is -0.121. The molecule has 1 saturated heterocycles. The van der Waals surface area contributed by atoms with Crippen LogP contribution in [-0.4, -0.2) is 38.9 Å². The summed E-state index contributed by atoms with van der Waals surface area (Å²) in [5.74, 6) is 0.615. The Kier molecular flexibility index (Phi) is 5.91. The lowest BCUT2D eigenvalue weighted by atomic mass is 10.1. The van der Waals surface area contributed by atoms with E-state index < -0.39 is 9.84 Å². The van der Waals surface area contributed by atoms with Crippen LogP contribution in [0.25, 0.3) is 0 Å². The van der Waals surface area contributed by atoms with E-state index in [2.05, 4.69) is 5.32 Å². The number of nitrogens with two attached hydrogens (primary N) is 1. The van der Waals surface area contributed by atoms with Gasteiger partial charge in [0, 0.05) is 13.0 Å². The number of rotatable bonds is 7. The first-order chi connectivity index (χ1) is 8.03. The van der Waals surface area contributed by atoms with Crippen molar-refractivity contribution in [3.63, 3.8) is 0 Å². The minimum absolute atomic E-state index is 0.0197. The van der Waals surface area contributed by atoms with Crippen molar-refractivity contribution in [3.8, 4) is 0 Å². The Morgan fingerprint density at radius 1 is 1.29 bits per heavy atom. The number of nitrogens with one attached hydrogen (secondary N) is 1. The van der Waals surface area contributed by atoms with Gasteiger partial charge < -0.3 is 11.1 Å². The molecule has 100 valence electrons. The van der Waals surface area contributed by atoms with Crippen molar-refractivity contribution >= 4 is 15.7 Å². The number of carbonyl (C=O) groups is 1. The number of amides is 1. The van der Waals surface area contributed by atoms with Gasteiger partial charge in [-0.1, -0.05) is 6.42 Å². The first-order valence-corrected chi connectivity index (χ1v) is 8.03. The van der Waals surface area contributed by atoms with E-state index in [1.165, 1.54) is 0 Å². The van der Waals surface area contributed by atoms with Crippen molar-refractivity contribution in [2.24, 2.45) is 11.7 Å². The molecule has 0 bridgehead atoms. The number of unbranched alkanes of at least 4 members (excludes halogenated alkanes) is 2. The Bertz CT molecular complexity index is 341. The Hall–Kier alpha value is -0.620. The van der Waals surface area contributed by atoms with Crippen LogP contribution < -0.4 is 11.1 Å². The predicted molar refractivity (Wildman–Crippen MR) is 67.3 cm³/mol. The molecule has 1 aliphatic rings. The van der Waals surface area contributed by atoms with E-state index in [4.69, 9.17) is 5.73 Å². The topological polar surface area (TPSA) is 89.3 Å². The molecule has 1 heterocycles. The van der Waals surface area contributed by atoms with Crippen molar-refractivity contribution in [3.05, 3.63) is 0 Å². The van der Waals surface area contributed by atoms with Crippen molar-refractivity contribution in [1.82, 2.24) is 5.32 Å². The van der Waals surface area contributed by atoms with Crippen molar-refractivity contribution in [2.75, 3.05) is 24.6 Å². The Labute approximate surface area is 103 Å². The van der Waals surface area contributed by atoms with Crippen molar-refractivity contribution in [2.45, 2.75) is 32.1 Å². The van der Waals surface area contributed by atoms with E-state index in [0.29, 0.717) is 25.9 Å². The molecule has 0 radical (unpaired) electrons. The second kappa shape index (κ2) is 6.96. The molecule has 5 nitrogen and oxygen atoms in total. The zero-order valence-electron chi connectivity index (χ0n) is 10.2. The normalized spacial score (nSPS) is 22.5. The molecular formula is C11H22N2O3S. The molecule has 0 spiro atoms. The Morgan fingerprint density at radius 3 is 2.65 bits per heavy atom. The van der Waals surface area contributed by atoms with Crippen LogP contribution in [-0.2, 0) is 14.6 Å². The summed E-state index contributed by atoms with van der Waals surface area (Å²) in [6.07, 6.45) is 3.97. The highest BCUT2D eigenvalue weighted by Gasteiger charge is 2.27. The summed E-state index contributed by atoms with van der Waals surface area (Å²) in [4.78, 5) is 11.4. The average molecular weight is 262 g/mol. The monoisotopic (exact) mass is 262 g/mol. The smallest absolute Gasteiger partial charge is 0.220 e. The Balaban J connectivity index is 2.08. The van der Waals surface area contributed by atoms with E-state index >= 15 is 0 Å². The molecule has 1 rings (SSSR count). The van der Waals surface area contributed by atoms with Gasteiger partial charge >= 0.3 is 0 Å². The van der Waals surface area contributed by atoms with Crippen molar-refractivity contribution in [1.29, 1.82) is 0 Å². The molecule has 1 atom stereocenters. The average Bonchev–Trinajstić information content (AvgIpc) is 2.62. The fraction of sp³-hybridized carbons (Fsp3) is 0.909. The summed E-state index contributed by atoms with van der Waals surface area (Å²) >= 11 is 0. The van der Waals surface area contributed by atoms with E-state index in [0.717, 1.165) is 19.3 Å². The zero-order chi connectivity index (χ0) is 12.7. The predicted octanol–water partition coefficient (Wildman–Crippen LogP) is 0.0564. The third-order valence-corrected chi connectivity index (χ3v) is 4.86. The summed E-state index contributed by atoms with van der Waals surface area (Å²) in [7, 11) is -2.83. The summed E-state index contributed by atoms with van der Waals surface area (Å²) in [5, 5.41) is 2.80. The number of hydrogen-bond donors (Lipinski definition) is 2. The maximum Gasteiger partial charge on any atom is 0.220 e. The van der Waals surface area contributed by atoms with E-state index in [-0.39, 0.29) is 23.3 Å². The van der Waals surface area contributed by atoms with Crippen LogP contribution in [0.3, 0.4) is 0 Å². The summed E-state index contributed by atoms with van der Waals surface area (Å²) < 4.78 is 22.4. The van der Waals surface area contributed by atoms with Gasteiger partial charge in [0.15, 0.2) is 9.84 Å². The molecule has 0 aromatic carbocycles. The lowest BCUT2D eigenvalue weighted by Gasteiger charge is -2.09. The lowest BCUT2D eigenvalue weighted by Crippen LogP contribution is -2.29. The third kappa shape index (κ3) is 6.02. The van der Waals surface area contributed by atoms with Gasteiger partial charge in [0.2, 0.25) is 5.91 Å². The van der Waals surface area contributed by atoms with Crippen LogP contribution in [0.4, 0.5) is 0 Å². The second-order valence-corrected chi connectivity index (χ2v) is 6.90. The molecule has 1 aliphatic heterocycles. The summed E-state index contributed by atoms with van der Waals surface area (Å²) in [6, 6.07) is 0. The third-order valence-electron chi connectivity index (χ3n) is 3.02. The van der Waals surface area contributed by atoms with E-state index in [9.17, 15) is 13.2 Å². The SMILES string of the molecule is NCCCCCC(=O)NCC1CCS(=O)(=O)C1. The largest absolute Gasteiger partial charge is 0.356 e. The molecule has 1 fully saturated rings.